The van der Waals surface area contributed by atoms with Crippen LogP contribution in [0.1, 0.15) is 55.8 Å². The molecule has 1 aromatic heterocycles. The molecule has 8 heteroatoms. The summed E-state index contributed by atoms with van der Waals surface area (Å²) in [5.74, 6) is -1.44. The first-order valence-corrected chi connectivity index (χ1v) is 6.60. The van der Waals surface area contributed by atoms with E-state index < -0.39 is 12.0 Å². The number of aromatic nitrogens is 3. The molecule has 0 spiro atoms. The predicted octanol–water partition coefficient (Wildman–Crippen LogP) is 0.301. The molecule has 1 aromatic rings. The lowest BCUT2D eigenvalue weighted by atomic mass is 10.2. The van der Waals surface area contributed by atoms with E-state index in [1.807, 2.05) is 13.8 Å². The molecule has 1 rings (SSSR count). The third kappa shape index (κ3) is 3.53. The molecule has 0 bridgehead atoms. The van der Waals surface area contributed by atoms with Gasteiger partial charge in [0.05, 0.1) is 5.69 Å². The lowest BCUT2D eigenvalue weighted by Gasteiger charge is -2.18. The molecule has 20 heavy (non-hydrogen) atoms. The first kappa shape index (κ1) is 16.1. The fourth-order valence-corrected chi connectivity index (χ4v) is 1.96. The van der Waals surface area contributed by atoms with Crippen molar-refractivity contribution < 1.29 is 14.7 Å². The number of carbonyl (C=O) groups excluding carboxylic acids is 1. The van der Waals surface area contributed by atoms with Gasteiger partial charge in [-0.1, -0.05) is 18.6 Å². The summed E-state index contributed by atoms with van der Waals surface area (Å²) in [5.41, 5.74) is 5.55. The van der Waals surface area contributed by atoms with E-state index >= 15 is 0 Å². The van der Waals surface area contributed by atoms with Crippen LogP contribution >= 0.6 is 0 Å². The molecular weight excluding hydrogens is 262 g/mol. The quantitative estimate of drug-likeness (QED) is 0.661. The minimum absolute atomic E-state index is 0.0449. The van der Waals surface area contributed by atoms with Crippen LogP contribution in [0.3, 0.4) is 0 Å². The van der Waals surface area contributed by atoms with E-state index in [1.54, 1.807) is 6.92 Å². The van der Waals surface area contributed by atoms with Gasteiger partial charge in [-0.2, -0.15) is 0 Å². The summed E-state index contributed by atoms with van der Waals surface area (Å²) < 4.78 is 1.26. The van der Waals surface area contributed by atoms with E-state index in [2.05, 4.69) is 15.6 Å². The Kier molecular flexibility index (Phi) is 5.63. The van der Waals surface area contributed by atoms with Crippen molar-refractivity contribution in [2.24, 2.45) is 5.73 Å². The number of aromatic carboxylic acids is 1. The van der Waals surface area contributed by atoms with Crippen molar-refractivity contribution >= 4 is 11.9 Å². The summed E-state index contributed by atoms with van der Waals surface area (Å²) >= 11 is 0. The van der Waals surface area contributed by atoms with Crippen LogP contribution in [-0.4, -0.2) is 38.0 Å². The molecule has 2 unspecified atom stereocenters. The van der Waals surface area contributed by atoms with Crippen LogP contribution in [0, 0.1) is 0 Å². The summed E-state index contributed by atoms with van der Waals surface area (Å²) in [6.45, 7) is 5.54. The Hall–Kier alpha value is -1.96. The van der Waals surface area contributed by atoms with Crippen molar-refractivity contribution in [1.82, 2.24) is 20.3 Å². The standard InChI is InChI=1S/C12H21N5O3/c1-4-5-7(2)14-11(18)8(3)17-9(6-13)10(12(19)20)15-16-17/h7-8H,4-6,13H2,1-3H3,(H,14,18)(H,19,20). The van der Waals surface area contributed by atoms with Gasteiger partial charge in [0.25, 0.3) is 0 Å². The average Bonchev–Trinajstić information content (AvgIpc) is 2.81. The number of nitrogens with two attached hydrogens (primary N) is 1. The molecule has 1 heterocycles. The zero-order chi connectivity index (χ0) is 15.3. The predicted molar refractivity (Wildman–Crippen MR) is 72.1 cm³/mol. The van der Waals surface area contributed by atoms with Gasteiger partial charge >= 0.3 is 5.97 Å². The van der Waals surface area contributed by atoms with Crippen molar-refractivity contribution in [3.8, 4) is 0 Å². The Balaban J connectivity index is 2.89. The second-order valence-corrected chi connectivity index (χ2v) is 4.71. The molecule has 2 atom stereocenters. The first-order chi connectivity index (χ1) is 9.42. The molecule has 0 aromatic carbocycles. The van der Waals surface area contributed by atoms with Gasteiger partial charge in [-0.3, -0.25) is 4.79 Å². The van der Waals surface area contributed by atoms with Gasteiger partial charge in [-0.15, -0.1) is 5.10 Å². The normalized spacial score (nSPS) is 13.8. The second-order valence-electron chi connectivity index (χ2n) is 4.71. The largest absolute Gasteiger partial charge is 0.476 e. The van der Waals surface area contributed by atoms with Crippen LogP contribution in [-0.2, 0) is 11.3 Å². The maximum atomic E-state index is 12.1. The Bertz CT molecular complexity index is 485. The molecule has 0 aliphatic carbocycles. The average molecular weight is 283 g/mol. The van der Waals surface area contributed by atoms with E-state index in [-0.39, 0.29) is 29.9 Å². The van der Waals surface area contributed by atoms with Gasteiger partial charge in [0.2, 0.25) is 5.91 Å². The van der Waals surface area contributed by atoms with Crippen molar-refractivity contribution in [3.63, 3.8) is 0 Å². The maximum absolute atomic E-state index is 12.1. The number of carbonyl (C=O) groups is 2. The summed E-state index contributed by atoms with van der Waals surface area (Å²) in [6, 6.07) is -0.604. The van der Waals surface area contributed by atoms with E-state index in [9.17, 15) is 9.59 Å². The molecule has 0 aliphatic rings. The summed E-state index contributed by atoms with van der Waals surface area (Å²) in [5, 5.41) is 19.1. The number of carboxylic acid groups (broad SMARTS) is 1. The van der Waals surface area contributed by atoms with Gasteiger partial charge in [0.15, 0.2) is 5.69 Å². The van der Waals surface area contributed by atoms with Gasteiger partial charge in [-0.25, -0.2) is 9.48 Å². The van der Waals surface area contributed by atoms with Gasteiger partial charge in [0, 0.05) is 12.6 Å². The van der Waals surface area contributed by atoms with Crippen LogP contribution < -0.4 is 11.1 Å². The summed E-state index contributed by atoms with van der Waals surface area (Å²) in [4.78, 5) is 23.1. The topological polar surface area (TPSA) is 123 Å². The van der Waals surface area contributed by atoms with Crippen molar-refractivity contribution in [2.75, 3.05) is 0 Å². The maximum Gasteiger partial charge on any atom is 0.358 e. The molecule has 0 radical (unpaired) electrons. The fourth-order valence-electron chi connectivity index (χ4n) is 1.96. The number of nitrogens with zero attached hydrogens (tertiary/aromatic N) is 3. The lowest BCUT2D eigenvalue weighted by molar-refractivity contribution is -0.124. The van der Waals surface area contributed by atoms with Gasteiger partial charge in [-0.05, 0) is 20.3 Å². The van der Waals surface area contributed by atoms with Crippen molar-refractivity contribution in [3.05, 3.63) is 11.4 Å². The Morgan fingerprint density at radius 1 is 1.45 bits per heavy atom. The van der Waals surface area contributed by atoms with Crippen LogP contribution in [0.25, 0.3) is 0 Å². The number of hydrogen-bond acceptors (Lipinski definition) is 5. The number of carboxylic acids is 1. The molecule has 0 saturated carbocycles. The van der Waals surface area contributed by atoms with E-state index in [4.69, 9.17) is 10.8 Å². The molecule has 0 saturated heterocycles. The van der Waals surface area contributed by atoms with Crippen LogP contribution in [0.15, 0.2) is 0 Å². The third-order valence-electron chi connectivity index (χ3n) is 3.04. The molecule has 1 amide bonds. The van der Waals surface area contributed by atoms with Crippen molar-refractivity contribution in [2.45, 2.75) is 52.2 Å². The zero-order valence-electron chi connectivity index (χ0n) is 12.0. The molecule has 8 nitrogen and oxygen atoms in total. The highest BCUT2D eigenvalue weighted by Crippen LogP contribution is 2.12. The highest BCUT2D eigenvalue weighted by atomic mass is 16.4. The van der Waals surface area contributed by atoms with Gasteiger partial charge < -0.3 is 16.2 Å². The molecule has 4 N–H and O–H groups in total. The van der Waals surface area contributed by atoms with Crippen molar-refractivity contribution in [1.29, 1.82) is 0 Å². The fraction of sp³-hybridized carbons (Fsp3) is 0.667. The lowest BCUT2D eigenvalue weighted by Crippen LogP contribution is -2.38. The summed E-state index contributed by atoms with van der Waals surface area (Å²) in [6.07, 6.45) is 1.84. The number of amides is 1. The zero-order valence-corrected chi connectivity index (χ0v) is 12.0. The minimum Gasteiger partial charge on any atom is -0.476 e. The second kappa shape index (κ2) is 6.99. The number of rotatable bonds is 7. The smallest absolute Gasteiger partial charge is 0.358 e. The number of nitrogens with one attached hydrogen (secondary N) is 1. The highest BCUT2D eigenvalue weighted by molar-refractivity contribution is 5.87. The van der Waals surface area contributed by atoms with E-state index in [0.29, 0.717) is 0 Å². The first-order valence-electron chi connectivity index (χ1n) is 6.60. The minimum atomic E-state index is -1.20. The monoisotopic (exact) mass is 283 g/mol. The third-order valence-corrected chi connectivity index (χ3v) is 3.04. The molecule has 112 valence electrons. The van der Waals surface area contributed by atoms with Crippen LogP contribution in [0.5, 0.6) is 0 Å². The Morgan fingerprint density at radius 2 is 2.10 bits per heavy atom. The van der Waals surface area contributed by atoms with E-state index in [1.165, 1.54) is 4.68 Å². The Morgan fingerprint density at radius 3 is 2.60 bits per heavy atom. The molecule has 0 aliphatic heterocycles. The van der Waals surface area contributed by atoms with Gasteiger partial charge in [0.1, 0.15) is 6.04 Å². The molecular formula is C12H21N5O3. The van der Waals surface area contributed by atoms with Crippen LogP contribution in [0.2, 0.25) is 0 Å². The number of hydrogen-bond donors (Lipinski definition) is 3. The molecule has 0 fully saturated rings. The summed E-state index contributed by atoms with van der Waals surface area (Å²) in [7, 11) is 0. The van der Waals surface area contributed by atoms with Crippen LogP contribution in [0.4, 0.5) is 0 Å². The van der Waals surface area contributed by atoms with E-state index in [0.717, 1.165) is 12.8 Å². The highest BCUT2D eigenvalue weighted by Gasteiger charge is 2.25. The SMILES string of the molecule is CCCC(C)NC(=O)C(C)n1nnc(C(=O)O)c1CN. The Labute approximate surface area is 117 Å².